The molecule has 0 aliphatic carbocycles. The van der Waals surface area contributed by atoms with E-state index in [0.717, 1.165) is 10.9 Å². The van der Waals surface area contributed by atoms with Crippen molar-refractivity contribution in [3.63, 3.8) is 0 Å². The molecular formula is C14H20BrFO. The predicted octanol–water partition coefficient (Wildman–Crippen LogP) is 4.69. The van der Waals surface area contributed by atoms with Gasteiger partial charge in [0.1, 0.15) is 5.82 Å². The van der Waals surface area contributed by atoms with Gasteiger partial charge in [-0.15, -0.1) is 0 Å². The Labute approximate surface area is 111 Å². The molecule has 1 rings (SSSR count). The maximum atomic E-state index is 13.6. The number of aliphatic hydroxyl groups excluding tert-OH is 1. The Kier molecular flexibility index (Phi) is 5.60. The fourth-order valence-corrected chi connectivity index (χ4v) is 2.56. The molecule has 2 unspecified atom stereocenters. The van der Waals surface area contributed by atoms with E-state index in [0.29, 0.717) is 23.8 Å². The molecule has 0 spiro atoms. The normalized spacial score (nSPS) is 15.0. The van der Waals surface area contributed by atoms with E-state index < -0.39 is 6.10 Å². The van der Waals surface area contributed by atoms with Crippen molar-refractivity contribution in [1.29, 1.82) is 0 Å². The van der Waals surface area contributed by atoms with Crippen molar-refractivity contribution in [3.8, 4) is 0 Å². The van der Waals surface area contributed by atoms with E-state index in [1.807, 2.05) is 0 Å². The third kappa shape index (κ3) is 4.76. The van der Waals surface area contributed by atoms with Gasteiger partial charge in [0.25, 0.3) is 0 Å². The second-order valence-corrected chi connectivity index (χ2v) is 6.07. The lowest BCUT2D eigenvalue weighted by Gasteiger charge is -2.19. The molecule has 0 aromatic heterocycles. The van der Waals surface area contributed by atoms with E-state index in [4.69, 9.17) is 0 Å². The number of aliphatic hydroxyl groups is 1. The SMILES string of the molecule is CC(C)CC(C)CC(O)c1cc(Br)ccc1F. The minimum absolute atomic E-state index is 0.336. The van der Waals surface area contributed by atoms with E-state index in [2.05, 4.69) is 36.7 Å². The van der Waals surface area contributed by atoms with Gasteiger partial charge in [-0.2, -0.15) is 0 Å². The molecule has 0 aliphatic rings. The van der Waals surface area contributed by atoms with E-state index in [1.54, 1.807) is 12.1 Å². The van der Waals surface area contributed by atoms with Gasteiger partial charge in [0, 0.05) is 10.0 Å². The van der Waals surface area contributed by atoms with Crippen molar-refractivity contribution in [2.45, 2.75) is 39.7 Å². The first-order valence-corrected chi connectivity index (χ1v) is 6.82. The summed E-state index contributed by atoms with van der Waals surface area (Å²) in [6, 6.07) is 4.68. The van der Waals surface area contributed by atoms with Crippen LogP contribution in [0.5, 0.6) is 0 Å². The summed E-state index contributed by atoms with van der Waals surface area (Å²) in [5, 5.41) is 10.0. The largest absolute Gasteiger partial charge is 0.388 e. The molecule has 1 aromatic rings. The lowest BCUT2D eigenvalue weighted by Crippen LogP contribution is -2.08. The van der Waals surface area contributed by atoms with E-state index in [1.165, 1.54) is 6.07 Å². The molecule has 0 fully saturated rings. The molecule has 96 valence electrons. The van der Waals surface area contributed by atoms with Crippen molar-refractivity contribution in [2.24, 2.45) is 11.8 Å². The smallest absolute Gasteiger partial charge is 0.129 e. The van der Waals surface area contributed by atoms with E-state index >= 15 is 0 Å². The highest BCUT2D eigenvalue weighted by Gasteiger charge is 2.17. The van der Waals surface area contributed by atoms with Gasteiger partial charge in [-0.1, -0.05) is 36.7 Å². The fourth-order valence-electron chi connectivity index (χ4n) is 2.18. The van der Waals surface area contributed by atoms with Crippen LogP contribution in [0.4, 0.5) is 4.39 Å². The van der Waals surface area contributed by atoms with Crippen LogP contribution in [0.1, 0.15) is 45.3 Å². The highest BCUT2D eigenvalue weighted by atomic mass is 79.9. The fraction of sp³-hybridized carbons (Fsp3) is 0.571. The van der Waals surface area contributed by atoms with Crippen LogP contribution in [-0.2, 0) is 0 Å². The summed E-state index contributed by atoms with van der Waals surface area (Å²) in [6.45, 7) is 6.41. The number of halogens is 2. The third-order valence-corrected chi connectivity index (χ3v) is 3.31. The number of hydrogen-bond donors (Lipinski definition) is 1. The molecule has 3 heteroatoms. The summed E-state index contributed by atoms with van der Waals surface area (Å²) in [5.41, 5.74) is 0.384. The summed E-state index contributed by atoms with van der Waals surface area (Å²) in [5.74, 6) is 0.658. The topological polar surface area (TPSA) is 20.2 Å². The first-order chi connectivity index (χ1) is 7.90. The molecule has 0 saturated heterocycles. The Morgan fingerprint density at radius 2 is 1.88 bits per heavy atom. The summed E-state index contributed by atoms with van der Waals surface area (Å²) in [4.78, 5) is 0. The van der Waals surface area contributed by atoms with Gasteiger partial charge >= 0.3 is 0 Å². The molecule has 2 atom stereocenters. The Hall–Kier alpha value is -0.410. The van der Waals surface area contributed by atoms with Crippen LogP contribution in [0.15, 0.2) is 22.7 Å². The van der Waals surface area contributed by atoms with Crippen LogP contribution in [0, 0.1) is 17.7 Å². The maximum Gasteiger partial charge on any atom is 0.129 e. The molecule has 0 aliphatic heterocycles. The van der Waals surface area contributed by atoms with Crippen LogP contribution >= 0.6 is 15.9 Å². The summed E-state index contributed by atoms with van der Waals surface area (Å²) in [6.07, 6.45) is 0.930. The van der Waals surface area contributed by atoms with Gasteiger partial charge in [0.05, 0.1) is 6.10 Å². The second kappa shape index (κ2) is 6.50. The quantitative estimate of drug-likeness (QED) is 0.836. The minimum Gasteiger partial charge on any atom is -0.388 e. The monoisotopic (exact) mass is 302 g/mol. The molecule has 0 bridgehead atoms. The van der Waals surface area contributed by atoms with Crippen LogP contribution in [-0.4, -0.2) is 5.11 Å². The van der Waals surface area contributed by atoms with Crippen molar-refractivity contribution in [2.75, 3.05) is 0 Å². The zero-order chi connectivity index (χ0) is 13.0. The maximum absolute atomic E-state index is 13.6. The molecule has 17 heavy (non-hydrogen) atoms. The van der Waals surface area contributed by atoms with Crippen LogP contribution in [0.25, 0.3) is 0 Å². The zero-order valence-corrected chi connectivity index (χ0v) is 12.2. The van der Waals surface area contributed by atoms with Gasteiger partial charge in [0.2, 0.25) is 0 Å². The Morgan fingerprint density at radius 3 is 2.47 bits per heavy atom. The number of hydrogen-bond acceptors (Lipinski definition) is 1. The average molecular weight is 303 g/mol. The van der Waals surface area contributed by atoms with Crippen LogP contribution in [0.3, 0.4) is 0 Å². The lowest BCUT2D eigenvalue weighted by atomic mass is 9.91. The summed E-state index contributed by atoms with van der Waals surface area (Å²) < 4.78 is 14.3. The molecule has 1 aromatic carbocycles. The molecule has 1 nitrogen and oxygen atoms in total. The van der Waals surface area contributed by atoms with Gasteiger partial charge in [0.15, 0.2) is 0 Å². The Bertz CT molecular complexity index is 365. The molecule has 1 N–H and O–H groups in total. The average Bonchev–Trinajstić information content (AvgIpc) is 2.20. The van der Waals surface area contributed by atoms with Gasteiger partial charge in [-0.3, -0.25) is 0 Å². The van der Waals surface area contributed by atoms with Crippen molar-refractivity contribution >= 4 is 15.9 Å². The number of benzene rings is 1. The summed E-state index contributed by atoms with van der Waals surface area (Å²) >= 11 is 3.29. The van der Waals surface area contributed by atoms with Gasteiger partial charge in [-0.05, 0) is 42.9 Å². The standard InChI is InChI=1S/C14H20BrFO/c1-9(2)6-10(3)7-14(17)12-8-11(15)4-5-13(12)16/h4-5,8-10,14,17H,6-7H2,1-3H3. The molecule has 0 radical (unpaired) electrons. The van der Waals surface area contributed by atoms with Crippen LogP contribution < -0.4 is 0 Å². The minimum atomic E-state index is -0.721. The Balaban J connectivity index is 2.69. The predicted molar refractivity (Wildman–Crippen MR) is 72.3 cm³/mol. The highest BCUT2D eigenvalue weighted by Crippen LogP contribution is 2.28. The molecular weight excluding hydrogens is 283 g/mol. The Morgan fingerprint density at radius 1 is 1.24 bits per heavy atom. The second-order valence-electron chi connectivity index (χ2n) is 5.15. The van der Waals surface area contributed by atoms with Crippen molar-refractivity contribution < 1.29 is 9.50 Å². The lowest BCUT2D eigenvalue weighted by molar-refractivity contribution is 0.138. The zero-order valence-electron chi connectivity index (χ0n) is 10.6. The van der Waals surface area contributed by atoms with Gasteiger partial charge in [-0.25, -0.2) is 4.39 Å². The van der Waals surface area contributed by atoms with Crippen molar-refractivity contribution in [1.82, 2.24) is 0 Å². The molecule has 0 saturated carbocycles. The van der Waals surface area contributed by atoms with Gasteiger partial charge < -0.3 is 5.11 Å². The third-order valence-electron chi connectivity index (χ3n) is 2.82. The molecule has 0 amide bonds. The van der Waals surface area contributed by atoms with Crippen molar-refractivity contribution in [3.05, 3.63) is 34.1 Å². The number of rotatable bonds is 5. The first-order valence-electron chi connectivity index (χ1n) is 6.03. The van der Waals surface area contributed by atoms with E-state index in [-0.39, 0.29) is 5.82 Å². The first kappa shape index (κ1) is 14.7. The van der Waals surface area contributed by atoms with E-state index in [9.17, 15) is 9.50 Å². The summed E-state index contributed by atoms with van der Waals surface area (Å²) in [7, 11) is 0. The van der Waals surface area contributed by atoms with Crippen LogP contribution in [0.2, 0.25) is 0 Å². The highest BCUT2D eigenvalue weighted by molar-refractivity contribution is 9.10. The molecule has 0 heterocycles.